The van der Waals surface area contributed by atoms with Gasteiger partial charge >= 0.3 is 11.9 Å². The highest BCUT2D eigenvalue weighted by Gasteiger charge is 2.17. The van der Waals surface area contributed by atoms with Gasteiger partial charge in [-0.2, -0.15) is 0 Å². The van der Waals surface area contributed by atoms with Crippen molar-refractivity contribution in [1.82, 2.24) is 0 Å². The fourth-order valence-electron chi connectivity index (χ4n) is 1.38. The van der Waals surface area contributed by atoms with Crippen molar-refractivity contribution in [3.05, 3.63) is 12.2 Å². The fourth-order valence-corrected chi connectivity index (χ4v) is 1.38. The third-order valence-electron chi connectivity index (χ3n) is 2.30. The number of hydrogen-bond donors (Lipinski definition) is 2. The molecular formula is C12H20O4. The Balaban J connectivity index is 3.85. The SMILES string of the molecule is CCCCCC/C=C/[C@H](CC(=O)O)C(=O)O. The average molecular weight is 228 g/mol. The zero-order valence-corrected chi connectivity index (χ0v) is 9.69. The van der Waals surface area contributed by atoms with Gasteiger partial charge in [-0.05, 0) is 12.8 Å². The summed E-state index contributed by atoms with van der Waals surface area (Å²) in [5.74, 6) is -3.06. The van der Waals surface area contributed by atoms with Crippen molar-refractivity contribution in [3.8, 4) is 0 Å². The lowest BCUT2D eigenvalue weighted by atomic mass is 10.0. The number of carboxylic acids is 2. The maximum absolute atomic E-state index is 10.7. The van der Waals surface area contributed by atoms with E-state index in [0.29, 0.717) is 0 Å². The molecule has 1 atom stereocenters. The molecule has 92 valence electrons. The molecule has 4 nitrogen and oxygen atoms in total. The van der Waals surface area contributed by atoms with Crippen LogP contribution in [0.2, 0.25) is 0 Å². The highest BCUT2D eigenvalue weighted by Crippen LogP contribution is 2.08. The van der Waals surface area contributed by atoms with E-state index in [-0.39, 0.29) is 6.42 Å². The van der Waals surface area contributed by atoms with Crippen LogP contribution in [0.4, 0.5) is 0 Å². The van der Waals surface area contributed by atoms with Crippen molar-refractivity contribution in [2.24, 2.45) is 5.92 Å². The maximum atomic E-state index is 10.7. The maximum Gasteiger partial charge on any atom is 0.310 e. The first kappa shape index (κ1) is 14.7. The summed E-state index contributed by atoms with van der Waals surface area (Å²) in [7, 11) is 0. The van der Waals surface area contributed by atoms with Crippen LogP contribution in [-0.4, -0.2) is 22.2 Å². The number of allylic oxidation sites excluding steroid dienone is 1. The van der Waals surface area contributed by atoms with E-state index in [1.165, 1.54) is 18.9 Å². The molecule has 0 unspecified atom stereocenters. The quantitative estimate of drug-likeness (QED) is 0.470. The minimum atomic E-state index is -1.08. The Morgan fingerprint density at radius 1 is 1.19 bits per heavy atom. The Kier molecular flexibility index (Phi) is 8.21. The molecule has 0 fully saturated rings. The number of carboxylic acid groups (broad SMARTS) is 2. The Bertz CT molecular complexity index is 245. The van der Waals surface area contributed by atoms with Crippen LogP contribution in [0.1, 0.15) is 45.4 Å². The van der Waals surface area contributed by atoms with Crippen LogP contribution in [0, 0.1) is 5.92 Å². The molecule has 0 amide bonds. The summed E-state index contributed by atoms with van der Waals surface area (Å²) in [6.07, 6.45) is 8.26. The van der Waals surface area contributed by atoms with E-state index in [2.05, 4.69) is 6.92 Å². The van der Waals surface area contributed by atoms with Gasteiger partial charge in [0.25, 0.3) is 0 Å². The van der Waals surface area contributed by atoms with Crippen LogP contribution in [0.15, 0.2) is 12.2 Å². The van der Waals surface area contributed by atoms with Crippen molar-refractivity contribution in [1.29, 1.82) is 0 Å². The van der Waals surface area contributed by atoms with E-state index >= 15 is 0 Å². The summed E-state index contributed by atoms with van der Waals surface area (Å²) < 4.78 is 0. The zero-order valence-electron chi connectivity index (χ0n) is 9.69. The van der Waals surface area contributed by atoms with Gasteiger partial charge in [-0.1, -0.05) is 38.3 Å². The van der Waals surface area contributed by atoms with Gasteiger partial charge in [0.05, 0.1) is 12.3 Å². The summed E-state index contributed by atoms with van der Waals surface area (Å²) in [5.41, 5.74) is 0. The van der Waals surface area contributed by atoms with Crippen LogP contribution < -0.4 is 0 Å². The highest BCUT2D eigenvalue weighted by atomic mass is 16.4. The molecule has 0 aliphatic rings. The molecule has 0 saturated carbocycles. The first-order valence-corrected chi connectivity index (χ1v) is 5.69. The molecule has 0 aromatic carbocycles. The predicted octanol–water partition coefficient (Wildman–Crippen LogP) is 2.69. The van der Waals surface area contributed by atoms with E-state index < -0.39 is 17.9 Å². The summed E-state index contributed by atoms with van der Waals surface area (Å²) in [6, 6.07) is 0. The number of unbranched alkanes of at least 4 members (excludes halogenated alkanes) is 4. The standard InChI is InChI=1S/C12H20O4/c1-2-3-4-5-6-7-8-10(12(15)16)9-11(13)14/h7-8,10H,2-6,9H2,1H3,(H,13,14)(H,15,16)/b8-7+/t10-/m1/s1. The second kappa shape index (κ2) is 8.95. The Labute approximate surface area is 96.0 Å². The lowest BCUT2D eigenvalue weighted by Crippen LogP contribution is -2.15. The Hall–Kier alpha value is -1.32. The van der Waals surface area contributed by atoms with Gasteiger partial charge in [0.1, 0.15) is 0 Å². The summed E-state index contributed by atoms with van der Waals surface area (Å²) in [5, 5.41) is 17.3. The van der Waals surface area contributed by atoms with E-state index in [4.69, 9.17) is 10.2 Å². The summed E-state index contributed by atoms with van der Waals surface area (Å²) in [6.45, 7) is 2.13. The Morgan fingerprint density at radius 2 is 1.88 bits per heavy atom. The molecule has 0 saturated heterocycles. The van der Waals surface area contributed by atoms with Crippen molar-refractivity contribution in [3.63, 3.8) is 0 Å². The van der Waals surface area contributed by atoms with Crippen LogP contribution in [-0.2, 0) is 9.59 Å². The predicted molar refractivity (Wildman–Crippen MR) is 61.3 cm³/mol. The van der Waals surface area contributed by atoms with Crippen molar-refractivity contribution in [2.75, 3.05) is 0 Å². The third kappa shape index (κ3) is 8.03. The van der Waals surface area contributed by atoms with Gasteiger partial charge in [0, 0.05) is 0 Å². The van der Waals surface area contributed by atoms with Gasteiger partial charge in [-0.15, -0.1) is 0 Å². The second-order valence-electron chi connectivity index (χ2n) is 3.82. The molecule has 0 aliphatic carbocycles. The van der Waals surface area contributed by atoms with Gasteiger partial charge in [0.15, 0.2) is 0 Å². The van der Waals surface area contributed by atoms with Crippen LogP contribution in [0.25, 0.3) is 0 Å². The minimum absolute atomic E-state index is 0.346. The number of hydrogen-bond acceptors (Lipinski definition) is 2. The molecule has 0 radical (unpaired) electrons. The molecule has 16 heavy (non-hydrogen) atoms. The van der Waals surface area contributed by atoms with Crippen molar-refractivity contribution in [2.45, 2.75) is 45.4 Å². The van der Waals surface area contributed by atoms with E-state index in [1.54, 1.807) is 6.08 Å². The van der Waals surface area contributed by atoms with E-state index in [9.17, 15) is 9.59 Å². The molecule has 0 aromatic rings. The molecular weight excluding hydrogens is 208 g/mol. The molecule has 0 aromatic heterocycles. The number of rotatable bonds is 9. The average Bonchev–Trinajstić information content (AvgIpc) is 2.20. The minimum Gasteiger partial charge on any atom is -0.481 e. The van der Waals surface area contributed by atoms with Crippen LogP contribution in [0.5, 0.6) is 0 Å². The molecule has 0 spiro atoms. The van der Waals surface area contributed by atoms with Gasteiger partial charge in [-0.25, -0.2) is 0 Å². The van der Waals surface area contributed by atoms with Gasteiger partial charge in [0.2, 0.25) is 0 Å². The fraction of sp³-hybridized carbons (Fsp3) is 0.667. The van der Waals surface area contributed by atoms with Crippen LogP contribution >= 0.6 is 0 Å². The summed E-state index contributed by atoms with van der Waals surface area (Å²) >= 11 is 0. The van der Waals surface area contributed by atoms with Gasteiger partial charge < -0.3 is 10.2 Å². The number of aliphatic carboxylic acids is 2. The molecule has 0 rings (SSSR count). The monoisotopic (exact) mass is 228 g/mol. The smallest absolute Gasteiger partial charge is 0.310 e. The molecule has 0 heterocycles. The van der Waals surface area contributed by atoms with E-state index in [1.807, 2.05) is 0 Å². The first-order chi connectivity index (χ1) is 7.57. The third-order valence-corrected chi connectivity index (χ3v) is 2.30. The normalized spacial score (nSPS) is 12.8. The van der Waals surface area contributed by atoms with Crippen molar-refractivity contribution < 1.29 is 19.8 Å². The van der Waals surface area contributed by atoms with Crippen LogP contribution in [0.3, 0.4) is 0 Å². The van der Waals surface area contributed by atoms with Crippen molar-refractivity contribution >= 4 is 11.9 Å². The molecule has 0 bridgehead atoms. The molecule has 0 aliphatic heterocycles. The topological polar surface area (TPSA) is 74.6 Å². The zero-order chi connectivity index (χ0) is 12.4. The largest absolute Gasteiger partial charge is 0.481 e. The Morgan fingerprint density at radius 3 is 2.38 bits per heavy atom. The lowest BCUT2D eigenvalue weighted by Gasteiger charge is -2.03. The lowest BCUT2D eigenvalue weighted by molar-refractivity contribution is -0.146. The van der Waals surface area contributed by atoms with Gasteiger partial charge in [-0.3, -0.25) is 9.59 Å². The highest BCUT2D eigenvalue weighted by molar-refractivity contribution is 5.79. The first-order valence-electron chi connectivity index (χ1n) is 5.69. The summed E-state index contributed by atoms with van der Waals surface area (Å²) in [4.78, 5) is 21.1. The molecule has 4 heteroatoms. The number of carbonyl (C=O) groups is 2. The second-order valence-corrected chi connectivity index (χ2v) is 3.82. The van der Waals surface area contributed by atoms with E-state index in [0.717, 1.165) is 19.3 Å². The molecule has 2 N–H and O–H groups in total.